The van der Waals surface area contributed by atoms with Crippen LogP contribution in [-0.2, 0) is 11.3 Å². The Balaban J connectivity index is 1.74. The van der Waals surface area contributed by atoms with Crippen molar-refractivity contribution in [3.05, 3.63) is 64.2 Å². The highest BCUT2D eigenvalue weighted by Gasteiger charge is 2.19. The first-order valence-corrected chi connectivity index (χ1v) is 12.2. The second-order valence-corrected chi connectivity index (χ2v) is 9.19. The molecule has 4 aromatic rings. The molecule has 0 aliphatic heterocycles. The third-order valence-corrected chi connectivity index (χ3v) is 6.11. The number of hydrogen-bond donors (Lipinski definition) is 2. The standard InChI is InChI=1S/C24H25FN6O3S/c1-4-11-30-22(34)16-10-9-15(21(33)26-14(2)3)12-19(16)31-23(30)28-29-24(31)35-13-20(32)27-18-8-6-5-7-17(18)25/h5-10,12,14H,4,11,13H2,1-3H3,(H,26,33)(H,27,32). The maximum Gasteiger partial charge on any atom is 0.262 e. The van der Waals surface area contributed by atoms with Crippen LogP contribution in [-0.4, -0.2) is 42.8 Å². The van der Waals surface area contributed by atoms with Gasteiger partial charge in [0.2, 0.25) is 11.7 Å². The molecule has 2 heterocycles. The highest BCUT2D eigenvalue weighted by atomic mass is 32.2. The van der Waals surface area contributed by atoms with Crippen molar-refractivity contribution in [1.82, 2.24) is 24.5 Å². The lowest BCUT2D eigenvalue weighted by molar-refractivity contribution is -0.113. The molecule has 4 rings (SSSR count). The molecule has 0 fully saturated rings. The third-order valence-electron chi connectivity index (χ3n) is 5.18. The minimum absolute atomic E-state index is 0.0511. The van der Waals surface area contributed by atoms with Gasteiger partial charge >= 0.3 is 0 Å². The molecule has 2 aromatic carbocycles. The van der Waals surface area contributed by atoms with Gasteiger partial charge in [0.25, 0.3) is 11.5 Å². The molecule has 35 heavy (non-hydrogen) atoms. The first kappa shape index (κ1) is 24.4. The predicted molar refractivity (Wildman–Crippen MR) is 133 cm³/mol. The van der Waals surface area contributed by atoms with Crippen molar-refractivity contribution in [2.24, 2.45) is 0 Å². The number of nitrogens with zero attached hydrogens (tertiary/aromatic N) is 4. The van der Waals surface area contributed by atoms with E-state index < -0.39 is 11.7 Å². The van der Waals surface area contributed by atoms with E-state index >= 15 is 0 Å². The van der Waals surface area contributed by atoms with Gasteiger partial charge < -0.3 is 10.6 Å². The van der Waals surface area contributed by atoms with Crippen LogP contribution in [0.15, 0.2) is 52.4 Å². The number of halogens is 1. The van der Waals surface area contributed by atoms with Gasteiger partial charge in [0.05, 0.1) is 22.3 Å². The number of hydrogen-bond acceptors (Lipinski definition) is 6. The molecular weight excluding hydrogens is 471 g/mol. The largest absolute Gasteiger partial charge is 0.350 e. The average Bonchev–Trinajstić information content (AvgIpc) is 3.25. The molecule has 182 valence electrons. The number of rotatable bonds is 8. The van der Waals surface area contributed by atoms with Gasteiger partial charge in [0, 0.05) is 18.2 Å². The molecule has 0 saturated carbocycles. The minimum atomic E-state index is -0.527. The number of thioether (sulfide) groups is 1. The molecule has 2 amide bonds. The fraction of sp³-hybridized carbons (Fsp3) is 0.292. The second kappa shape index (κ2) is 10.3. The van der Waals surface area contributed by atoms with Crippen LogP contribution >= 0.6 is 11.8 Å². The summed E-state index contributed by atoms with van der Waals surface area (Å²) in [5, 5.41) is 14.6. The first-order valence-electron chi connectivity index (χ1n) is 11.2. The molecule has 0 spiro atoms. The molecule has 0 aliphatic rings. The summed E-state index contributed by atoms with van der Waals surface area (Å²) in [4.78, 5) is 38.2. The zero-order valence-electron chi connectivity index (χ0n) is 19.5. The molecule has 0 radical (unpaired) electrons. The van der Waals surface area contributed by atoms with Crippen LogP contribution in [0.25, 0.3) is 16.7 Å². The maximum absolute atomic E-state index is 13.9. The minimum Gasteiger partial charge on any atom is -0.350 e. The topological polar surface area (TPSA) is 110 Å². The van der Waals surface area contributed by atoms with Crippen molar-refractivity contribution in [3.8, 4) is 0 Å². The number of fused-ring (bicyclic) bond motifs is 3. The number of para-hydroxylation sites is 1. The number of carbonyl (C=O) groups is 2. The Morgan fingerprint density at radius 1 is 1.14 bits per heavy atom. The van der Waals surface area contributed by atoms with Crippen LogP contribution < -0.4 is 16.2 Å². The van der Waals surface area contributed by atoms with Gasteiger partial charge in [-0.25, -0.2) is 4.39 Å². The molecule has 0 bridgehead atoms. The predicted octanol–water partition coefficient (Wildman–Crippen LogP) is 3.46. The lowest BCUT2D eigenvalue weighted by Gasteiger charge is -2.13. The van der Waals surface area contributed by atoms with Gasteiger partial charge in [-0.2, -0.15) is 0 Å². The zero-order valence-corrected chi connectivity index (χ0v) is 20.4. The SMILES string of the molecule is CCCn1c(=O)c2ccc(C(=O)NC(C)C)cc2n2c(SCC(=O)Nc3ccccc3F)nnc12. The summed E-state index contributed by atoms with van der Waals surface area (Å²) in [6, 6.07) is 10.7. The van der Waals surface area contributed by atoms with Crippen molar-refractivity contribution in [2.45, 2.75) is 44.9 Å². The summed E-state index contributed by atoms with van der Waals surface area (Å²) in [6.07, 6.45) is 0.705. The molecule has 9 nitrogen and oxygen atoms in total. The molecule has 0 aliphatic carbocycles. The van der Waals surface area contributed by atoms with E-state index in [1.165, 1.54) is 16.7 Å². The highest BCUT2D eigenvalue weighted by Crippen LogP contribution is 2.23. The third kappa shape index (κ3) is 5.04. The summed E-state index contributed by atoms with van der Waals surface area (Å²) in [6.45, 7) is 6.11. The summed E-state index contributed by atoms with van der Waals surface area (Å²) in [5.74, 6) is -0.945. The summed E-state index contributed by atoms with van der Waals surface area (Å²) >= 11 is 1.10. The van der Waals surface area contributed by atoms with E-state index in [-0.39, 0.29) is 28.9 Å². The van der Waals surface area contributed by atoms with Gasteiger partial charge in [0.1, 0.15) is 5.82 Å². The number of benzene rings is 2. The van der Waals surface area contributed by atoms with Crippen LogP contribution in [0.4, 0.5) is 10.1 Å². The molecule has 0 unspecified atom stereocenters. The Bertz CT molecular complexity index is 1480. The number of anilines is 1. The molecule has 2 N–H and O–H groups in total. The van der Waals surface area contributed by atoms with Crippen LogP contribution in [0.2, 0.25) is 0 Å². The smallest absolute Gasteiger partial charge is 0.262 e. The Kier molecular flexibility index (Phi) is 7.15. The van der Waals surface area contributed by atoms with Crippen LogP contribution in [0.5, 0.6) is 0 Å². The van der Waals surface area contributed by atoms with Crippen molar-refractivity contribution in [1.29, 1.82) is 0 Å². The average molecular weight is 497 g/mol. The van der Waals surface area contributed by atoms with E-state index in [2.05, 4.69) is 20.8 Å². The van der Waals surface area contributed by atoms with Gasteiger partial charge in [-0.3, -0.25) is 23.4 Å². The summed E-state index contributed by atoms with van der Waals surface area (Å²) in [7, 11) is 0. The van der Waals surface area contributed by atoms with E-state index in [1.807, 2.05) is 20.8 Å². The molecule has 2 aromatic heterocycles. The maximum atomic E-state index is 13.9. The lowest BCUT2D eigenvalue weighted by Crippen LogP contribution is -2.30. The van der Waals surface area contributed by atoms with E-state index in [1.54, 1.807) is 34.7 Å². The van der Waals surface area contributed by atoms with E-state index in [0.717, 1.165) is 11.8 Å². The molecule has 0 saturated heterocycles. The van der Waals surface area contributed by atoms with Crippen LogP contribution in [0.1, 0.15) is 37.6 Å². The number of amides is 2. The fourth-order valence-corrected chi connectivity index (χ4v) is 4.41. The second-order valence-electron chi connectivity index (χ2n) is 8.25. The normalized spacial score (nSPS) is 11.3. The van der Waals surface area contributed by atoms with Gasteiger partial charge in [-0.15, -0.1) is 10.2 Å². The van der Waals surface area contributed by atoms with Crippen LogP contribution in [0.3, 0.4) is 0 Å². The monoisotopic (exact) mass is 496 g/mol. The van der Waals surface area contributed by atoms with Gasteiger partial charge in [-0.05, 0) is 50.6 Å². The Morgan fingerprint density at radius 2 is 1.91 bits per heavy atom. The van der Waals surface area contributed by atoms with Crippen molar-refractivity contribution < 1.29 is 14.0 Å². The fourth-order valence-electron chi connectivity index (χ4n) is 3.67. The van der Waals surface area contributed by atoms with E-state index in [9.17, 15) is 18.8 Å². The molecule has 0 atom stereocenters. The van der Waals surface area contributed by atoms with Crippen molar-refractivity contribution in [3.63, 3.8) is 0 Å². The molecular formula is C24H25FN6O3S. The number of carbonyl (C=O) groups excluding carboxylic acids is 2. The lowest BCUT2D eigenvalue weighted by atomic mass is 10.1. The van der Waals surface area contributed by atoms with Gasteiger partial charge in [0.15, 0.2) is 5.16 Å². The van der Waals surface area contributed by atoms with E-state index in [0.29, 0.717) is 40.4 Å². The number of nitrogens with one attached hydrogen (secondary N) is 2. The van der Waals surface area contributed by atoms with E-state index in [4.69, 9.17) is 0 Å². The quantitative estimate of drug-likeness (QED) is 0.362. The number of aromatic nitrogens is 4. The van der Waals surface area contributed by atoms with Crippen molar-refractivity contribution in [2.75, 3.05) is 11.1 Å². The Hall–Kier alpha value is -3.73. The van der Waals surface area contributed by atoms with Crippen molar-refractivity contribution >= 4 is 45.9 Å². The van der Waals surface area contributed by atoms with Gasteiger partial charge in [-0.1, -0.05) is 30.8 Å². The van der Waals surface area contributed by atoms with Crippen LogP contribution in [0, 0.1) is 5.82 Å². The number of aryl methyl sites for hydroxylation is 1. The Labute approximate surface area is 204 Å². The highest BCUT2D eigenvalue weighted by molar-refractivity contribution is 7.99. The Morgan fingerprint density at radius 3 is 2.63 bits per heavy atom. The first-order chi connectivity index (χ1) is 16.8. The zero-order chi connectivity index (χ0) is 25.1. The summed E-state index contributed by atoms with van der Waals surface area (Å²) in [5.41, 5.74) is 0.719. The molecule has 11 heteroatoms. The summed E-state index contributed by atoms with van der Waals surface area (Å²) < 4.78 is 17.1.